The number of hydrogen-bond acceptors (Lipinski definition) is 10. The van der Waals surface area contributed by atoms with Gasteiger partial charge in [0.15, 0.2) is 5.82 Å². The second kappa shape index (κ2) is 13.6. The molecule has 0 atom stereocenters. The van der Waals surface area contributed by atoms with Gasteiger partial charge in [-0.25, -0.2) is 9.37 Å². The average Bonchev–Trinajstić information content (AvgIpc) is 2.94. The Morgan fingerprint density at radius 3 is 2.60 bits per heavy atom. The van der Waals surface area contributed by atoms with Crippen LogP contribution in [-0.2, 0) is 14.3 Å². The number of halogens is 2. The molecule has 4 heterocycles. The van der Waals surface area contributed by atoms with E-state index in [1.54, 1.807) is 24.4 Å². The van der Waals surface area contributed by atoms with Crippen LogP contribution < -0.4 is 15.5 Å². The maximum atomic E-state index is 14.7. The van der Waals surface area contributed by atoms with E-state index in [4.69, 9.17) is 16.3 Å². The van der Waals surface area contributed by atoms with E-state index in [1.807, 2.05) is 18.7 Å². The van der Waals surface area contributed by atoms with Crippen molar-refractivity contribution in [3.05, 3.63) is 53.4 Å². The minimum Gasteiger partial charge on any atom is -0.463 e. The molecule has 2 aromatic heterocycles. The van der Waals surface area contributed by atoms with E-state index in [2.05, 4.69) is 42.7 Å². The van der Waals surface area contributed by atoms with Gasteiger partial charge in [-0.15, -0.1) is 10.2 Å². The average molecular weight is 611 g/mol. The molecule has 228 valence electrons. The molecule has 3 aromatic rings. The molecule has 5 rings (SSSR count). The molecule has 1 aromatic carbocycles. The summed E-state index contributed by atoms with van der Waals surface area (Å²) < 4.78 is 20.1. The van der Waals surface area contributed by atoms with Crippen molar-refractivity contribution in [1.82, 2.24) is 25.0 Å². The van der Waals surface area contributed by atoms with Gasteiger partial charge >= 0.3 is 5.97 Å². The number of pyridine rings is 1. The lowest BCUT2D eigenvalue weighted by atomic mass is 10.00. The van der Waals surface area contributed by atoms with Crippen LogP contribution in [0.25, 0.3) is 11.3 Å². The van der Waals surface area contributed by atoms with E-state index in [0.717, 1.165) is 26.2 Å². The second-order valence-electron chi connectivity index (χ2n) is 11.2. The summed E-state index contributed by atoms with van der Waals surface area (Å²) in [6, 6.07) is 9.40. The number of carbonyl (C=O) groups excluding carboxylic acids is 2. The van der Waals surface area contributed by atoms with Crippen molar-refractivity contribution in [3.63, 3.8) is 0 Å². The highest BCUT2D eigenvalue weighted by atomic mass is 35.5. The molecule has 2 aliphatic heterocycles. The number of esters is 1. The molecule has 0 radical (unpaired) electrons. The first-order valence-corrected chi connectivity index (χ1v) is 14.7. The Kier molecular flexibility index (Phi) is 9.69. The number of nitrogens with zero attached hydrogens (tertiary/aromatic N) is 6. The fraction of sp³-hybridized carbons (Fsp3) is 0.433. The summed E-state index contributed by atoms with van der Waals surface area (Å²) in [6.07, 6.45) is 1.76. The number of hydrogen-bond donors (Lipinski definition) is 2. The molecule has 2 aliphatic rings. The molecule has 0 bridgehead atoms. The highest BCUT2D eigenvalue weighted by Crippen LogP contribution is 2.35. The minimum atomic E-state index is -0.483. The number of rotatable bonds is 10. The quantitative estimate of drug-likeness (QED) is 0.326. The van der Waals surface area contributed by atoms with Crippen LogP contribution in [0.5, 0.6) is 0 Å². The van der Waals surface area contributed by atoms with Crippen molar-refractivity contribution in [3.8, 4) is 11.3 Å². The molecular weight excluding hydrogens is 575 g/mol. The van der Waals surface area contributed by atoms with Crippen LogP contribution >= 0.6 is 11.6 Å². The third-order valence-electron chi connectivity index (χ3n) is 7.40. The Bertz CT molecular complexity index is 1460. The molecular formula is C30H36ClFN8O3. The number of benzene rings is 1. The second-order valence-corrected chi connectivity index (χ2v) is 11.6. The monoisotopic (exact) mass is 610 g/mol. The molecule has 0 saturated carbocycles. The number of likely N-dealkylation sites (N-methyl/N-ethyl adjacent to an activating group) is 1. The van der Waals surface area contributed by atoms with Crippen molar-refractivity contribution in [2.45, 2.75) is 26.4 Å². The van der Waals surface area contributed by atoms with Gasteiger partial charge in [-0.05, 0) is 51.2 Å². The predicted octanol–water partition coefficient (Wildman–Crippen LogP) is 4.04. The van der Waals surface area contributed by atoms with E-state index >= 15 is 0 Å². The minimum absolute atomic E-state index is 0.117. The summed E-state index contributed by atoms with van der Waals surface area (Å²) in [6.45, 7) is 9.01. The molecule has 13 heteroatoms. The summed E-state index contributed by atoms with van der Waals surface area (Å²) in [7, 11) is 2.10. The lowest BCUT2D eigenvalue weighted by Gasteiger charge is -2.39. The summed E-state index contributed by atoms with van der Waals surface area (Å²) >= 11 is 6.13. The van der Waals surface area contributed by atoms with Crippen LogP contribution in [0.3, 0.4) is 0 Å². The van der Waals surface area contributed by atoms with Gasteiger partial charge in [-0.1, -0.05) is 11.6 Å². The molecule has 11 nitrogen and oxygen atoms in total. The highest BCUT2D eigenvalue weighted by molar-refractivity contribution is 6.30. The number of amides is 1. The van der Waals surface area contributed by atoms with Crippen LogP contribution in [0.1, 0.15) is 20.3 Å². The van der Waals surface area contributed by atoms with E-state index in [0.29, 0.717) is 54.1 Å². The van der Waals surface area contributed by atoms with Crippen molar-refractivity contribution in [2.75, 3.05) is 68.4 Å². The fourth-order valence-electron chi connectivity index (χ4n) is 4.93. The van der Waals surface area contributed by atoms with Gasteiger partial charge in [0.25, 0.3) is 0 Å². The number of aromatic nitrogens is 3. The number of piperazine rings is 1. The first-order valence-electron chi connectivity index (χ1n) is 14.4. The van der Waals surface area contributed by atoms with E-state index < -0.39 is 5.82 Å². The van der Waals surface area contributed by atoms with Crippen LogP contribution in [0.4, 0.5) is 27.4 Å². The Balaban J connectivity index is 1.32. The Labute approximate surface area is 255 Å². The van der Waals surface area contributed by atoms with Crippen LogP contribution in [0.15, 0.2) is 42.6 Å². The topological polar surface area (TPSA) is 116 Å². The Morgan fingerprint density at radius 2 is 1.86 bits per heavy atom. The Hall–Kier alpha value is -3.87. The van der Waals surface area contributed by atoms with Crippen molar-refractivity contribution in [2.24, 2.45) is 5.92 Å². The standard InChI is InChI=1S/C30H36ClFN8O3/c1-19(2)43-30(42)20-17-40(18-20)29-26(16-25(36-37-29)23-14-21(31)4-5-24(23)32)34-22-6-8-33-27(15-22)35-28(41)7-9-39-12-10-38(3)11-13-39/h4-6,8,14-16,19-20H,7,9-13,17-18H2,1-3H3,(H2,33,34,35,36,41). The van der Waals surface area contributed by atoms with E-state index in [9.17, 15) is 14.0 Å². The molecule has 43 heavy (non-hydrogen) atoms. The highest BCUT2D eigenvalue weighted by Gasteiger charge is 2.36. The molecule has 0 spiro atoms. The zero-order valence-electron chi connectivity index (χ0n) is 24.5. The number of carbonyl (C=O) groups is 2. The SMILES string of the molecule is CC(C)OC(=O)C1CN(c2nnc(-c3cc(Cl)ccc3F)cc2Nc2ccnc(NC(=O)CCN3CCN(C)CC3)c2)C1. The zero-order valence-corrected chi connectivity index (χ0v) is 25.3. The van der Waals surface area contributed by atoms with Gasteiger partial charge in [-0.3, -0.25) is 9.59 Å². The van der Waals surface area contributed by atoms with Gasteiger partial charge in [-0.2, -0.15) is 0 Å². The van der Waals surface area contributed by atoms with Crippen molar-refractivity contribution >= 4 is 46.5 Å². The van der Waals surface area contributed by atoms with Crippen LogP contribution in [0, 0.1) is 11.7 Å². The number of anilines is 4. The molecule has 1 amide bonds. The van der Waals surface area contributed by atoms with Gasteiger partial charge in [0, 0.05) is 80.8 Å². The summed E-state index contributed by atoms with van der Waals surface area (Å²) in [5.74, 6) is -0.242. The predicted molar refractivity (Wildman–Crippen MR) is 164 cm³/mol. The fourth-order valence-corrected chi connectivity index (χ4v) is 5.11. The molecule has 0 unspecified atom stereocenters. The normalized spacial score (nSPS) is 16.2. The Morgan fingerprint density at radius 1 is 1.09 bits per heavy atom. The maximum Gasteiger partial charge on any atom is 0.312 e. The van der Waals surface area contributed by atoms with Gasteiger partial charge in [0.1, 0.15) is 11.6 Å². The van der Waals surface area contributed by atoms with E-state index in [1.165, 1.54) is 18.2 Å². The maximum absolute atomic E-state index is 14.7. The van der Waals surface area contributed by atoms with Gasteiger partial charge in [0.2, 0.25) is 5.91 Å². The van der Waals surface area contributed by atoms with Crippen LogP contribution in [-0.4, -0.2) is 95.8 Å². The zero-order chi connectivity index (χ0) is 30.5. The third-order valence-corrected chi connectivity index (χ3v) is 7.64. The smallest absolute Gasteiger partial charge is 0.312 e. The molecule has 2 saturated heterocycles. The number of nitrogens with one attached hydrogen (secondary N) is 2. The molecule has 2 fully saturated rings. The first kappa shape index (κ1) is 30.6. The van der Waals surface area contributed by atoms with Gasteiger partial charge in [0.05, 0.1) is 23.4 Å². The molecule has 2 N–H and O–H groups in total. The van der Waals surface area contributed by atoms with Crippen molar-refractivity contribution in [1.29, 1.82) is 0 Å². The van der Waals surface area contributed by atoms with Crippen LogP contribution in [0.2, 0.25) is 5.02 Å². The molecule has 0 aliphatic carbocycles. The first-order chi connectivity index (χ1) is 20.6. The lowest BCUT2D eigenvalue weighted by Crippen LogP contribution is -2.52. The van der Waals surface area contributed by atoms with Gasteiger partial charge < -0.3 is 30.1 Å². The largest absolute Gasteiger partial charge is 0.463 e. The van der Waals surface area contributed by atoms with E-state index in [-0.39, 0.29) is 35.2 Å². The van der Waals surface area contributed by atoms with Crippen molar-refractivity contribution < 1.29 is 18.7 Å². The third kappa shape index (κ3) is 7.95. The summed E-state index contributed by atoms with van der Waals surface area (Å²) in [4.78, 5) is 35.8. The number of ether oxygens (including phenoxy) is 1. The summed E-state index contributed by atoms with van der Waals surface area (Å²) in [5.41, 5.74) is 1.67. The lowest BCUT2D eigenvalue weighted by molar-refractivity contribution is -0.153. The summed E-state index contributed by atoms with van der Waals surface area (Å²) in [5, 5.41) is 15.2.